The molecule has 26 heavy (non-hydrogen) atoms. The number of para-hydroxylation sites is 2. The molecule has 3 aromatic rings. The third-order valence-electron chi connectivity index (χ3n) is 3.77. The van der Waals surface area contributed by atoms with Crippen molar-refractivity contribution in [2.75, 3.05) is 5.32 Å². The van der Waals surface area contributed by atoms with Gasteiger partial charge in [0.2, 0.25) is 5.78 Å². The molecule has 1 N–H and O–H groups in total. The van der Waals surface area contributed by atoms with Gasteiger partial charge < -0.3 is 5.32 Å². The molecule has 3 rings (SSSR count). The number of rotatable bonds is 5. The van der Waals surface area contributed by atoms with E-state index in [1.165, 1.54) is 0 Å². The van der Waals surface area contributed by atoms with Gasteiger partial charge in [0.25, 0.3) is 0 Å². The van der Waals surface area contributed by atoms with Crippen LogP contribution in [0.1, 0.15) is 15.9 Å². The van der Waals surface area contributed by atoms with Gasteiger partial charge >= 0.3 is 0 Å². The zero-order chi connectivity index (χ0) is 18.4. The van der Waals surface area contributed by atoms with Gasteiger partial charge in [-0.05, 0) is 31.2 Å². The van der Waals surface area contributed by atoms with Crippen LogP contribution in [0.25, 0.3) is 0 Å². The van der Waals surface area contributed by atoms with Crippen molar-refractivity contribution < 1.29 is 4.79 Å². The Morgan fingerprint density at radius 2 is 1.42 bits per heavy atom. The molecule has 0 atom stereocenters. The minimum atomic E-state index is -0.206. The van der Waals surface area contributed by atoms with Crippen LogP contribution >= 0.6 is 12.2 Å². The van der Waals surface area contributed by atoms with E-state index in [-0.39, 0.29) is 11.5 Å². The number of hydrogen-bond donors (Lipinski definition) is 1. The summed E-state index contributed by atoms with van der Waals surface area (Å²) in [4.78, 5) is 17.8. The summed E-state index contributed by atoms with van der Waals surface area (Å²) >= 11 is 5.50. The van der Waals surface area contributed by atoms with Crippen molar-refractivity contribution in [3.63, 3.8) is 0 Å². The maximum Gasteiger partial charge on any atom is 0.214 e. The molecule has 0 aliphatic rings. The lowest BCUT2D eigenvalue weighted by Gasteiger charge is -2.11. The van der Waals surface area contributed by atoms with Gasteiger partial charge in [-0.1, -0.05) is 78.4 Å². The Bertz CT molecular complexity index is 933. The van der Waals surface area contributed by atoms with Crippen LogP contribution in [0.15, 0.2) is 89.9 Å². The van der Waals surface area contributed by atoms with E-state index in [4.69, 9.17) is 12.2 Å². The number of thiocarbonyl (C=S) groups is 1. The van der Waals surface area contributed by atoms with E-state index in [1.54, 1.807) is 12.1 Å². The van der Waals surface area contributed by atoms with Crippen LogP contribution in [0.3, 0.4) is 0 Å². The van der Waals surface area contributed by atoms with Gasteiger partial charge in [0.15, 0.2) is 0 Å². The van der Waals surface area contributed by atoms with E-state index >= 15 is 0 Å². The molecule has 0 unspecified atom stereocenters. The number of nitrogens with one attached hydrogen (secondary N) is 1. The van der Waals surface area contributed by atoms with E-state index in [9.17, 15) is 4.79 Å². The molecule has 0 aromatic heterocycles. The number of nitrogens with zero attached hydrogens (tertiary/aromatic N) is 1. The highest BCUT2D eigenvalue weighted by Gasteiger charge is 2.19. The van der Waals surface area contributed by atoms with Crippen LogP contribution in [-0.2, 0) is 0 Å². The zero-order valence-electron chi connectivity index (χ0n) is 14.3. The van der Waals surface area contributed by atoms with Crippen molar-refractivity contribution in [2.45, 2.75) is 6.92 Å². The first kappa shape index (κ1) is 17.7. The Balaban J connectivity index is 1.96. The van der Waals surface area contributed by atoms with E-state index in [1.807, 2.05) is 79.7 Å². The van der Waals surface area contributed by atoms with Gasteiger partial charge in [-0.2, -0.15) is 0 Å². The number of hydrogen-bond acceptors (Lipinski definition) is 3. The summed E-state index contributed by atoms with van der Waals surface area (Å²) in [6, 6.07) is 26.2. The average molecular weight is 358 g/mol. The molecule has 0 radical (unpaired) electrons. The highest BCUT2D eigenvalue weighted by molar-refractivity contribution is 7.82. The Labute approximate surface area is 158 Å². The molecule has 128 valence electrons. The average Bonchev–Trinajstić information content (AvgIpc) is 2.68. The van der Waals surface area contributed by atoms with Crippen molar-refractivity contribution in [2.24, 2.45) is 4.99 Å². The van der Waals surface area contributed by atoms with Gasteiger partial charge in [0.05, 0.1) is 5.69 Å². The first-order chi connectivity index (χ1) is 12.6. The van der Waals surface area contributed by atoms with Gasteiger partial charge in [-0.15, -0.1) is 0 Å². The maximum absolute atomic E-state index is 13.0. The lowest BCUT2D eigenvalue weighted by molar-refractivity contribution is 0.106. The summed E-state index contributed by atoms with van der Waals surface area (Å²) in [5.41, 5.74) is 3.37. The molecular weight excluding hydrogens is 340 g/mol. The third kappa shape index (κ3) is 4.49. The summed E-state index contributed by atoms with van der Waals surface area (Å²) < 4.78 is 0. The predicted molar refractivity (Wildman–Crippen MR) is 112 cm³/mol. The molecule has 0 spiro atoms. The number of benzene rings is 3. The Kier molecular flexibility index (Phi) is 5.66. The Hall–Kier alpha value is -3.11. The van der Waals surface area contributed by atoms with E-state index in [0.717, 1.165) is 11.3 Å². The molecule has 3 aromatic carbocycles. The molecule has 3 nitrogen and oxygen atoms in total. The van der Waals surface area contributed by atoms with E-state index in [2.05, 4.69) is 10.3 Å². The quantitative estimate of drug-likeness (QED) is 0.378. The molecular formula is C22H18N2OS. The van der Waals surface area contributed by atoms with E-state index in [0.29, 0.717) is 16.2 Å². The number of carbonyl (C=O) groups excluding carboxylic acids is 1. The van der Waals surface area contributed by atoms with Crippen molar-refractivity contribution >= 4 is 40.1 Å². The minimum Gasteiger partial charge on any atom is -0.345 e. The number of ketones is 1. The molecule has 0 amide bonds. The van der Waals surface area contributed by atoms with Crippen LogP contribution in [-0.4, -0.2) is 16.5 Å². The SMILES string of the molecule is Cc1ccc(C(=O)C(=Nc2ccccc2)C(=S)Nc2ccccc2)cc1. The number of aryl methyl sites for hydroxylation is 1. The van der Waals surface area contributed by atoms with Gasteiger partial charge in [-0.25, -0.2) is 4.99 Å². The highest BCUT2D eigenvalue weighted by Crippen LogP contribution is 2.15. The smallest absolute Gasteiger partial charge is 0.214 e. The van der Waals surface area contributed by atoms with E-state index < -0.39 is 0 Å². The van der Waals surface area contributed by atoms with Crippen LogP contribution in [0.5, 0.6) is 0 Å². The molecule has 0 bridgehead atoms. The second kappa shape index (κ2) is 8.32. The second-order valence-corrected chi connectivity index (χ2v) is 6.22. The largest absolute Gasteiger partial charge is 0.345 e. The van der Waals surface area contributed by atoms with Crippen LogP contribution in [0, 0.1) is 6.92 Å². The molecule has 4 heteroatoms. The third-order valence-corrected chi connectivity index (χ3v) is 4.07. The van der Waals surface area contributed by atoms with Crippen molar-refractivity contribution in [3.8, 4) is 0 Å². The van der Waals surface area contributed by atoms with Crippen molar-refractivity contribution in [3.05, 3.63) is 96.1 Å². The Morgan fingerprint density at radius 3 is 2.04 bits per heavy atom. The summed E-state index contributed by atoms with van der Waals surface area (Å²) in [5.74, 6) is -0.206. The lowest BCUT2D eigenvalue weighted by atomic mass is 10.0. The molecule has 0 saturated carbocycles. The molecule has 0 saturated heterocycles. The summed E-state index contributed by atoms with van der Waals surface area (Å²) in [6.45, 7) is 1.98. The Morgan fingerprint density at radius 1 is 0.846 bits per heavy atom. The first-order valence-electron chi connectivity index (χ1n) is 8.25. The fourth-order valence-corrected chi connectivity index (χ4v) is 2.65. The molecule has 0 aliphatic carbocycles. The van der Waals surface area contributed by atoms with Gasteiger partial charge in [0.1, 0.15) is 10.7 Å². The zero-order valence-corrected chi connectivity index (χ0v) is 15.2. The van der Waals surface area contributed by atoms with Crippen molar-refractivity contribution in [1.82, 2.24) is 0 Å². The molecule has 0 fully saturated rings. The second-order valence-electron chi connectivity index (χ2n) is 5.81. The standard InChI is InChI=1S/C22H18N2OS/c1-16-12-14-17(15-13-16)21(25)20(23-18-8-4-2-5-9-18)22(26)24-19-10-6-3-7-11-19/h2-15H,1H3,(H,24,26). The predicted octanol–water partition coefficient (Wildman–Crippen LogP) is 5.39. The fraction of sp³-hybridized carbons (Fsp3) is 0.0455. The normalized spacial score (nSPS) is 11.0. The summed E-state index contributed by atoms with van der Waals surface area (Å²) in [7, 11) is 0. The van der Waals surface area contributed by atoms with Crippen LogP contribution in [0.4, 0.5) is 11.4 Å². The van der Waals surface area contributed by atoms with Gasteiger partial charge in [-0.3, -0.25) is 4.79 Å². The summed E-state index contributed by atoms with van der Waals surface area (Å²) in [5, 5.41) is 3.10. The van der Waals surface area contributed by atoms with Crippen molar-refractivity contribution in [1.29, 1.82) is 0 Å². The number of aliphatic imine (C=N–C) groups is 1. The number of Topliss-reactive ketones (excluding diaryl/α,β-unsaturated/α-hetero) is 1. The van der Waals surface area contributed by atoms with Gasteiger partial charge in [0, 0.05) is 11.3 Å². The lowest BCUT2D eigenvalue weighted by Crippen LogP contribution is -2.28. The first-order valence-corrected chi connectivity index (χ1v) is 8.66. The number of carbonyl (C=O) groups is 1. The van der Waals surface area contributed by atoms with Crippen LogP contribution < -0.4 is 5.32 Å². The monoisotopic (exact) mass is 358 g/mol. The molecule has 0 aliphatic heterocycles. The number of anilines is 1. The summed E-state index contributed by atoms with van der Waals surface area (Å²) in [6.07, 6.45) is 0. The molecule has 0 heterocycles. The van der Waals surface area contributed by atoms with Crippen LogP contribution in [0.2, 0.25) is 0 Å². The topological polar surface area (TPSA) is 41.5 Å². The maximum atomic E-state index is 13.0. The highest BCUT2D eigenvalue weighted by atomic mass is 32.1. The fourth-order valence-electron chi connectivity index (χ4n) is 2.39. The minimum absolute atomic E-state index is 0.206.